The quantitative estimate of drug-likeness (QED) is 0.833. The summed E-state index contributed by atoms with van der Waals surface area (Å²) in [5, 5.41) is 0. The van der Waals surface area contributed by atoms with Crippen LogP contribution in [0.3, 0.4) is 0 Å². The molecule has 0 spiro atoms. The van der Waals surface area contributed by atoms with Gasteiger partial charge in [-0.15, -0.1) is 0 Å². The first kappa shape index (κ1) is 13.6. The first-order valence-corrected chi connectivity index (χ1v) is 8.48. The van der Waals surface area contributed by atoms with E-state index >= 15 is 0 Å². The first-order valence-electron chi connectivity index (χ1n) is 6.87. The number of carbonyl (C=O) groups excluding carboxylic acids is 1. The second kappa shape index (κ2) is 4.86. The van der Waals surface area contributed by atoms with Crippen LogP contribution in [0.4, 0.5) is 5.69 Å². The Balaban J connectivity index is 1.78. The van der Waals surface area contributed by atoms with Gasteiger partial charge in [-0.05, 0) is 19.1 Å². The lowest BCUT2D eigenvalue weighted by Gasteiger charge is -2.21. The van der Waals surface area contributed by atoms with E-state index in [2.05, 4.69) is 0 Å². The molecular formula is C14H18N2O3S. The minimum atomic E-state index is -3.18. The van der Waals surface area contributed by atoms with Crippen molar-refractivity contribution in [2.45, 2.75) is 6.92 Å². The lowest BCUT2D eigenvalue weighted by Crippen LogP contribution is -2.36. The van der Waals surface area contributed by atoms with Crippen molar-refractivity contribution in [1.82, 2.24) is 4.31 Å². The zero-order valence-electron chi connectivity index (χ0n) is 11.4. The molecule has 0 N–H and O–H groups in total. The van der Waals surface area contributed by atoms with E-state index in [1.807, 2.05) is 30.3 Å². The van der Waals surface area contributed by atoms with E-state index in [9.17, 15) is 13.2 Å². The number of hydrogen-bond donors (Lipinski definition) is 0. The molecule has 2 atom stereocenters. The van der Waals surface area contributed by atoms with Crippen molar-refractivity contribution in [3.05, 3.63) is 30.3 Å². The molecule has 108 valence electrons. The number of fused-ring (bicyclic) bond motifs is 1. The van der Waals surface area contributed by atoms with Crippen LogP contribution in [0.2, 0.25) is 0 Å². The molecule has 2 heterocycles. The second-order valence-corrected chi connectivity index (χ2v) is 7.63. The van der Waals surface area contributed by atoms with E-state index in [0.29, 0.717) is 19.6 Å². The first-order chi connectivity index (χ1) is 9.53. The number of nitrogens with zero attached hydrogens (tertiary/aromatic N) is 2. The van der Waals surface area contributed by atoms with Crippen LogP contribution < -0.4 is 4.90 Å². The van der Waals surface area contributed by atoms with E-state index in [1.54, 1.807) is 11.8 Å². The number of sulfonamides is 1. The maximum absolute atomic E-state index is 12.5. The number of amides is 1. The molecule has 0 bridgehead atoms. The predicted molar refractivity (Wildman–Crippen MR) is 76.8 cm³/mol. The van der Waals surface area contributed by atoms with Gasteiger partial charge in [-0.25, -0.2) is 12.7 Å². The molecule has 0 saturated carbocycles. The summed E-state index contributed by atoms with van der Waals surface area (Å²) in [4.78, 5) is 14.2. The fourth-order valence-corrected chi connectivity index (χ4v) is 4.24. The highest BCUT2D eigenvalue weighted by molar-refractivity contribution is 7.89. The van der Waals surface area contributed by atoms with Crippen LogP contribution in [-0.4, -0.2) is 44.0 Å². The molecule has 2 aliphatic heterocycles. The van der Waals surface area contributed by atoms with Gasteiger partial charge in [0.1, 0.15) is 0 Å². The standard InChI is InChI=1S/C14H18N2O3S/c1-2-20(18,19)15-8-11-9-16(14(17)13(11)10-15)12-6-4-3-5-7-12/h3-7,11,13H,2,8-10H2,1H3. The van der Waals surface area contributed by atoms with Gasteiger partial charge in [-0.3, -0.25) is 4.79 Å². The molecule has 5 nitrogen and oxygen atoms in total. The summed E-state index contributed by atoms with van der Waals surface area (Å²) in [6, 6.07) is 9.56. The molecule has 0 radical (unpaired) electrons. The second-order valence-electron chi connectivity index (χ2n) is 5.37. The summed E-state index contributed by atoms with van der Waals surface area (Å²) in [5.41, 5.74) is 0.900. The third kappa shape index (κ3) is 2.13. The highest BCUT2D eigenvalue weighted by atomic mass is 32.2. The van der Waals surface area contributed by atoms with Gasteiger partial charge in [-0.1, -0.05) is 18.2 Å². The number of para-hydroxylation sites is 1. The number of hydrogen-bond acceptors (Lipinski definition) is 3. The van der Waals surface area contributed by atoms with E-state index in [4.69, 9.17) is 0 Å². The minimum Gasteiger partial charge on any atom is -0.312 e. The van der Waals surface area contributed by atoms with Crippen molar-refractivity contribution in [2.24, 2.45) is 11.8 Å². The van der Waals surface area contributed by atoms with E-state index in [-0.39, 0.29) is 23.5 Å². The Kier molecular flexibility index (Phi) is 3.30. The summed E-state index contributed by atoms with van der Waals surface area (Å²) >= 11 is 0. The Morgan fingerprint density at radius 1 is 1.15 bits per heavy atom. The van der Waals surface area contributed by atoms with Gasteiger partial charge in [-0.2, -0.15) is 0 Å². The van der Waals surface area contributed by atoms with Gasteiger partial charge in [0.25, 0.3) is 0 Å². The molecule has 2 aliphatic rings. The topological polar surface area (TPSA) is 57.7 Å². The van der Waals surface area contributed by atoms with Gasteiger partial charge in [0.05, 0.1) is 11.7 Å². The maximum Gasteiger partial charge on any atom is 0.231 e. The Bertz CT molecular complexity index is 615. The molecule has 1 amide bonds. The molecule has 2 saturated heterocycles. The van der Waals surface area contributed by atoms with Crippen LogP contribution in [0.15, 0.2) is 30.3 Å². The normalized spacial score (nSPS) is 27.1. The van der Waals surface area contributed by atoms with Gasteiger partial charge in [0.2, 0.25) is 15.9 Å². The lowest BCUT2D eigenvalue weighted by molar-refractivity contribution is -0.120. The zero-order valence-corrected chi connectivity index (χ0v) is 12.2. The predicted octanol–water partition coefficient (Wildman–Crippen LogP) is 0.931. The molecule has 3 rings (SSSR count). The van der Waals surface area contributed by atoms with E-state index in [0.717, 1.165) is 5.69 Å². The van der Waals surface area contributed by atoms with Crippen LogP contribution in [0.5, 0.6) is 0 Å². The number of carbonyl (C=O) groups is 1. The number of benzene rings is 1. The Labute approximate surface area is 119 Å². The molecule has 6 heteroatoms. The summed E-state index contributed by atoms with van der Waals surface area (Å²) < 4.78 is 25.3. The third-order valence-electron chi connectivity index (χ3n) is 4.23. The molecule has 20 heavy (non-hydrogen) atoms. The smallest absolute Gasteiger partial charge is 0.231 e. The molecule has 1 aromatic rings. The Morgan fingerprint density at radius 2 is 1.85 bits per heavy atom. The van der Waals surface area contributed by atoms with Gasteiger partial charge >= 0.3 is 0 Å². The van der Waals surface area contributed by atoms with Gasteiger partial charge < -0.3 is 4.90 Å². The average molecular weight is 294 g/mol. The zero-order chi connectivity index (χ0) is 14.3. The van der Waals surface area contributed by atoms with Crippen molar-refractivity contribution in [1.29, 1.82) is 0 Å². The lowest BCUT2D eigenvalue weighted by atomic mass is 10.0. The molecule has 0 aliphatic carbocycles. The minimum absolute atomic E-state index is 0.0509. The number of anilines is 1. The molecule has 2 fully saturated rings. The van der Waals surface area contributed by atoms with Crippen LogP contribution in [0.25, 0.3) is 0 Å². The average Bonchev–Trinajstić information content (AvgIpc) is 3.00. The third-order valence-corrected chi connectivity index (χ3v) is 6.05. The van der Waals surface area contributed by atoms with Crippen LogP contribution in [0, 0.1) is 11.8 Å². The molecule has 2 unspecified atom stereocenters. The van der Waals surface area contributed by atoms with E-state index < -0.39 is 10.0 Å². The van der Waals surface area contributed by atoms with Crippen molar-refractivity contribution in [3.63, 3.8) is 0 Å². The number of rotatable bonds is 3. The van der Waals surface area contributed by atoms with Crippen molar-refractivity contribution in [3.8, 4) is 0 Å². The Morgan fingerprint density at radius 3 is 2.45 bits per heavy atom. The largest absolute Gasteiger partial charge is 0.312 e. The fourth-order valence-electron chi connectivity index (χ4n) is 3.07. The molecule has 1 aromatic carbocycles. The SMILES string of the molecule is CCS(=O)(=O)N1CC2CN(c3ccccc3)C(=O)C2C1. The summed E-state index contributed by atoms with van der Waals surface area (Å²) in [6.45, 7) is 3.06. The summed E-state index contributed by atoms with van der Waals surface area (Å²) in [7, 11) is -3.18. The molecule has 0 aromatic heterocycles. The monoisotopic (exact) mass is 294 g/mol. The highest BCUT2D eigenvalue weighted by Gasteiger charge is 2.48. The maximum atomic E-state index is 12.5. The van der Waals surface area contributed by atoms with Gasteiger partial charge in [0, 0.05) is 31.2 Å². The fraction of sp³-hybridized carbons (Fsp3) is 0.500. The van der Waals surface area contributed by atoms with Crippen LogP contribution >= 0.6 is 0 Å². The molecular weight excluding hydrogens is 276 g/mol. The Hall–Kier alpha value is -1.40. The van der Waals surface area contributed by atoms with Crippen molar-refractivity contribution in [2.75, 3.05) is 30.3 Å². The summed E-state index contributed by atoms with van der Waals surface area (Å²) in [6.07, 6.45) is 0. The van der Waals surface area contributed by atoms with Gasteiger partial charge in [0.15, 0.2) is 0 Å². The highest BCUT2D eigenvalue weighted by Crippen LogP contribution is 2.36. The van der Waals surface area contributed by atoms with Crippen molar-refractivity contribution < 1.29 is 13.2 Å². The van der Waals surface area contributed by atoms with Crippen LogP contribution in [-0.2, 0) is 14.8 Å². The summed E-state index contributed by atoms with van der Waals surface area (Å²) in [5.74, 6) is 0.0822. The van der Waals surface area contributed by atoms with E-state index in [1.165, 1.54) is 4.31 Å². The van der Waals surface area contributed by atoms with Crippen LogP contribution in [0.1, 0.15) is 6.92 Å². The van der Waals surface area contributed by atoms with Crippen molar-refractivity contribution >= 4 is 21.6 Å².